The molecule has 0 radical (unpaired) electrons. The standard InChI is InChI=1S/C14H17ClN2S/c1-9-4-5-11(12(15)6-9)7-13(16-3)14-10(2)17-8-18-14/h4-6,8,13,16H,7H2,1-3H3. The molecule has 1 aromatic carbocycles. The molecule has 1 atom stereocenters. The van der Waals surface area contributed by atoms with Gasteiger partial charge in [-0.2, -0.15) is 0 Å². The second-order valence-corrected chi connectivity index (χ2v) is 5.74. The minimum absolute atomic E-state index is 0.276. The van der Waals surface area contributed by atoms with Crippen molar-refractivity contribution in [2.24, 2.45) is 0 Å². The molecule has 0 amide bonds. The van der Waals surface area contributed by atoms with Gasteiger partial charge in [0.2, 0.25) is 0 Å². The topological polar surface area (TPSA) is 24.9 Å². The van der Waals surface area contributed by atoms with E-state index < -0.39 is 0 Å². The summed E-state index contributed by atoms with van der Waals surface area (Å²) in [7, 11) is 1.98. The van der Waals surface area contributed by atoms with Gasteiger partial charge in [-0.15, -0.1) is 11.3 Å². The van der Waals surface area contributed by atoms with Gasteiger partial charge in [0.15, 0.2) is 0 Å². The summed E-state index contributed by atoms with van der Waals surface area (Å²) < 4.78 is 0. The molecule has 2 rings (SSSR count). The van der Waals surface area contributed by atoms with Gasteiger partial charge >= 0.3 is 0 Å². The maximum Gasteiger partial charge on any atom is 0.0798 e. The number of aryl methyl sites for hydroxylation is 2. The van der Waals surface area contributed by atoms with Crippen molar-refractivity contribution in [3.05, 3.63) is 50.4 Å². The van der Waals surface area contributed by atoms with Gasteiger partial charge in [-0.25, -0.2) is 4.98 Å². The van der Waals surface area contributed by atoms with E-state index in [1.54, 1.807) is 11.3 Å². The lowest BCUT2D eigenvalue weighted by molar-refractivity contribution is 0.598. The lowest BCUT2D eigenvalue weighted by Gasteiger charge is -2.16. The Morgan fingerprint density at radius 3 is 2.72 bits per heavy atom. The smallest absolute Gasteiger partial charge is 0.0798 e. The molecule has 1 aromatic heterocycles. The number of aromatic nitrogens is 1. The van der Waals surface area contributed by atoms with Crippen LogP contribution >= 0.6 is 22.9 Å². The van der Waals surface area contributed by atoms with E-state index in [-0.39, 0.29) is 6.04 Å². The third-order valence-corrected chi connectivity index (χ3v) is 4.48. The fraction of sp³-hybridized carbons (Fsp3) is 0.357. The van der Waals surface area contributed by atoms with Crippen molar-refractivity contribution in [2.75, 3.05) is 7.05 Å². The Kier molecular flexibility index (Phi) is 4.38. The highest BCUT2D eigenvalue weighted by molar-refractivity contribution is 7.09. The third kappa shape index (κ3) is 2.91. The molecule has 0 spiro atoms. The minimum Gasteiger partial charge on any atom is -0.312 e. The van der Waals surface area contributed by atoms with Crippen LogP contribution in [0.25, 0.3) is 0 Å². The SMILES string of the molecule is CNC(Cc1ccc(C)cc1Cl)c1scnc1C. The molecule has 0 saturated heterocycles. The van der Waals surface area contributed by atoms with Crippen LogP contribution in [0.2, 0.25) is 5.02 Å². The molecule has 1 heterocycles. The Labute approximate surface area is 117 Å². The van der Waals surface area contributed by atoms with Gasteiger partial charge in [0.05, 0.1) is 11.2 Å². The van der Waals surface area contributed by atoms with Gasteiger partial charge in [0.25, 0.3) is 0 Å². The first-order valence-electron chi connectivity index (χ1n) is 5.94. The molecule has 0 aliphatic rings. The number of nitrogens with one attached hydrogen (secondary N) is 1. The molecule has 0 fully saturated rings. The van der Waals surface area contributed by atoms with E-state index >= 15 is 0 Å². The molecule has 1 unspecified atom stereocenters. The van der Waals surface area contributed by atoms with Crippen molar-refractivity contribution in [2.45, 2.75) is 26.3 Å². The Morgan fingerprint density at radius 1 is 1.39 bits per heavy atom. The normalized spacial score (nSPS) is 12.7. The predicted molar refractivity (Wildman–Crippen MR) is 78.5 cm³/mol. The molecule has 4 heteroatoms. The van der Waals surface area contributed by atoms with Crippen LogP contribution in [0, 0.1) is 13.8 Å². The molecular formula is C14H17ClN2S. The van der Waals surface area contributed by atoms with Gasteiger partial charge in [-0.3, -0.25) is 0 Å². The van der Waals surface area contributed by atoms with Crippen LogP contribution in [0.3, 0.4) is 0 Å². The van der Waals surface area contributed by atoms with E-state index in [0.717, 1.165) is 17.1 Å². The van der Waals surface area contributed by atoms with Crippen LogP contribution in [0.1, 0.15) is 27.7 Å². The first-order valence-corrected chi connectivity index (χ1v) is 7.20. The summed E-state index contributed by atoms with van der Waals surface area (Å²) in [5.41, 5.74) is 5.36. The number of hydrogen-bond donors (Lipinski definition) is 1. The van der Waals surface area contributed by atoms with Crippen molar-refractivity contribution in [1.29, 1.82) is 0 Å². The number of likely N-dealkylation sites (N-methyl/N-ethyl adjacent to an activating group) is 1. The molecule has 2 aromatic rings. The van der Waals surface area contributed by atoms with Crippen LogP contribution in [0.4, 0.5) is 0 Å². The highest BCUT2D eigenvalue weighted by Gasteiger charge is 2.16. The predicted octanol–water partition coefficient (Wildman–Crippen LogP) is 3.92. The molecule has 1 N–H and O–H groups in total. The van der Waals surface area contributed by atoms with Crippen molar-refractivity contribution < 1.29 is 0 Å². The number of thiazole rings is 1. The van der Waals surface area contributed by atoms with Crippen molar-refractivity contribution in [3.8, 4) is 0 Å². The van der Waals surface area contributed by atoms with Gasteiger partial charge in [0, 0.05) is 15.9 Å². The largest absolute Gasteiger partial charge is 0.312 e. The molecule has 0 aliphatic carbocycles. The monoisotopic (exact) mass is 280 g/mol. The van der Waals surface area contributed by atoms with E-state index in [2.05, 4.69) is 29.4 Å². The van der Waals surface area contributed by atoms with E-state index in [4.69, 9.17) is 11.6 Å². The van der Waals surface area contributed by atoms with Crippen molar-refractivity contribution in [3.63, 3.8) is 0 Å². The molecule has 2 nitrogen and oxygen atoms in total. The van der Waals surface area contributed by atoms with Crippen molar-refractivity contribution in [1.82, 2.24) is 10.3 Å². The second-order valence-electron chi connectivity index (χ2n) is 4.44. The zero-order chi connectivity index (χ0) is 13.1. The summed E-state index contributed by atoms with van der Waals surface area (Å²) >= 11 is 7.99. The third-order valence-electron chi connectivity index (χ3n) is 3.08. The van der Waals surface area contributed by atoms with Crippen LogP contribution in [0.5, 0.6) is 0 Å². The Hall–Kier alpha value is -0.900. The zero-order valence-electron chi connectivity index (χ0n) is 10.8. The van der Waals surface area contributed by atoms with Crippen LogP contribution in [-0.4, -0.2) is 12.0 Å². The van der Waals surface area contributed by atoms with Crippen LogP contribution in [0.15, 0.2) is 23.7 Å². The Bertz CT molecular complexity index is 536. The Balaban J connectivity index is 2.23. The number of nitrogens with zero attached hydrogens (tertiary/aromatic N) is 1. The van der Waals surface area contributed by atoms with E-state index in [1.807, 2.05) is 25.5 Å². The first kappa shape index (κ1) is 13.5. The summed E-state index contributed by atoms with van der Waals surface area (Å²) in [6.45, 7) is 4.10. The number of benzene rings is 1. The van der Waals surface area contributed by atoms with Gasteiger partial charge in [-0.1, -0.05) is 23.7 Å². The fourth-order valence-corrected chi connectivity index (χ4v) is 3.23. The average molecular weight is 281 g/mol. The first-order chi connectivity index (χ1) is 8.61. The summed E-state index contributed by atoms with van der Waals surface area (Å²) in [6.07, 6.45) is 0.888. The van der Waals surface area contributed by atoms with Crippen LogP contribution in [-0.2, 0) is 6.42 Å². The Morgan fingerprint density at radius 2 is 2.17 bits per heavy atom. The summed E-state index contributed by atoms with van der Waals surface area (Å²) in [4.78, 5) is 5.60. The maximum absolute atomic E-state index is 6.29. The van der Waals surface area contributed by atoms with E-state index in [1.165, 1.54) is 16.0 Å². The minimum atomic E-state index is 0.276. The summed E-state index contributed by atoms with van der Waals surface area (Å²) in [5.74, 6) is 0. The van der Waals surface area contributed by atoms with Gasteiger partial charge in [-0.05, 0) is 44.5 Å². The molecule has 0 saturated carbocycles. The lowest BCUT2D eigenvalue weighted by Crippen LogP contribution is -2.18. The quantitative estimate of drug-likeness (QED) is 0.918. The zero-order valence-corrected chi connectivity index (χ0v) is 12.4. The van der Waals surface area contributed by atoms with Crippen LogP contribution < -0.4 is 5.32 Å². The highest BCUT2D eigenvalue weighted by Crippen LogP contribution is 2.28. The highest BCUT2D eigenvalue weighted by atomic mass is 35.5. The molecule has 18 heavy (non-hydrogen) atoms. The summed E-state index contributed by atoms with van der Waals surface area (Å²) in [5, 5.41) is 4.19. The van der Waals surface area contributed by atoms with Crippen molar-refractivity contribution >= 4 is 22.9 Å². The summed E-state index contributed by atoms with van der Waals surface area (Å²) in [6, 6.07) is 6.51. The van der Waals surface area contributed by atoms with Gasteiger partial charge in [0.1, 0.15) is 0 Å². The molecular weight excluding hydrogens is 264 g/mol. The van der Waals surface area contributed by atoms with Gasteiger partial charge < -0.3 is 5.32 Å². The maximum atomic E-state index is 6.29. The number of rotatable bonds is 4. The molecule has 0 aliphatic heterocycles. The second kappa shape index (κ2) is 5.83. The molecule has 96 valence electrons. The number of halogens is 1. The van der Waals surface area contributed by atoms with E-state index in [9.17, 15) is 0 Å². The lowest BCUT2D eigenvalue weighted by atomic mass is 10.0. The fourth-order valence-electron chi connectivity index (χ4n) is 2.01. The number of hydrogen-bond acceptors (Lipinski definition) is 3. The average Bonchev–Trinajstić information content (AvgIpc) is 2.75. The van der Waals surface area contributed by atoms with E-state index in [0.29, 0.717) is 0 Å². The molecule has 0 bridgehead atoms.